The van der Waals surface area contributed by atoms with E-state index in [1.54, 1.807) is 0 Å². The Morgan fingerprint density at radius 2 is 1.42 bits per heavy atom. The first-order valence-electron chi connectivity index (χ1n) is 10.2. The quantitative estimate of drug-likeness (QED) is 0.694. The molecule has 0 aliphatic carbocycles. The van der Waals surface area contributed by atoms with Gasteiger partial charge < -0.3 is 9.80 Å². The molecule has 0 aromatic carbocycles. The van der Waals surface area contributed by atoms with Gasteiger partial charge in [-0.15, -0.1) is 4.68 Å². The van der Waals surface area contributed by atoms with Gasteiger partial charge >= 0.3 is 0 Å². The molecule has 0 amide bonds. The highest BCUT2D eigenvalue weighted by atomic mass is 15.4. The van der Waals surface area contributed by atoms with Crippen molar-refractivity contribution in [3.8, 4) is 0 Å². The number of nitrogens with zero attached hydrogens (tertiary/aromatic N) is 4. The third kappa shape index (κ3) is 9.30. The minimum Gasteiger partial charge on any atom is -0.359 e. The summed E-state index contributed by atoms with van der Waals surface area (Å²) >= 11 is 0. The first-order valence-corrected chi connectivity index (χ1v) is 10.2. The van der Waals surface area contributed by atoms with Crippen LogP contribution in [0.15, 0.2) is 30.9 Å². The predicted molar refractivity (Wildman–Crippen MR) is 114 cm³/mol. The van der Waals surface area contributed by atoms with Crippen LogP contribution in [-0.2, 0) is 7.05 Å². The maximum absolute atomic E-state index is 2.33. The molecule has 0 saturated heterocycles. The summed E-state index contributed by atoms with van der Waals surface area (Å²) < 4.78 is 4.24. The Balaban J connectivity index is 0.000000368. The Morgan fingerprint density at radius 3 is 1.58 bits per heavy atom. The highest BCUT2D eigenvalue weighted by Gasteiger charge is 2.19. The molecule has 0 N–H and O–H groups in total. The Morgan fingerprint density at radius 1 is 0.885 bits per heavy atom. The molecule has 0 fully saturated rings. The van der Waals surface area contributed by atoms with Gasteiger partial charge in [0.25, 0.3) is 0 Å². The van der Waals surface area contributed by atoms with E-state index in [9.17, 15) is 0 Å². The standard InChI is InChI=1S/C8H16N2.C7H13N2.C7H16/c1-7(2)10-6-5-9(4)8(10)3;1-7(2)9-6-4-5-8(9)3;1-6(2)5-7(3)4/h5-8H,1-4H3;4-7H,1-3H3;6-7H,5H2,1-4H3/q;+1;. The van der Waals surface area contributed by atoms with E-state index in [4.69, 9.17) is 0 Å². The number of aryl methyl sites for hydroxylation is 1. The zero-order chi connectivity index (χ0) is 20.4. The van der Waals surface area contributed by atoms with Crippen molar-refractivity contribution in [1.82, 2.24) is 14.5 Å². The van der Waals surface area contributed by atoms with Crippen molar-refractivity contribution in [1.29, 1.82) is 0 Å². The lowest BCUT2D eigenvalue weighted by Gasteiger charge is -2.30. The summed E-state index contributed by atoms with van der Waals surface area (Å²) in [5, 5.41) is 0. The van der Waals surface area contributed by atoms with Crippen LogP contribution in [0.3, 0.4) is 0 Å². The zero-order valence-electron chi connectivity index (χ0n) is 19.3. The monoisotopic (exact) mass is 365 g/mol. The second kappa shape index (κ2) is 12.0. The fourth-order valence-electron chi connectivity index (χ4n) is 3.16. The molecule has 26 heavy (non-hydrogen) atoms. The molecule has 4 heteroatoms. The Hall–Kier alpha value is -1.45. The van der Waals surface area contributed by atoms with E-state index in [2.05, 4.69) is 107 Å². The van der Waals surface area contributed by atoms with Crippen LogP contribution in [0, 0.1) is 11.8 Å². The fourth-order valence-corrected chi connectivity index (χ4v) is 3.16. The summed E-state index contributed by atoms with van der Waals surface area (Å²) in [5.74, 6) is 1.75. The molecule has 1 unspecified atom stereocenters. The average Bonchev–Trinajstić information content (AvgIpc) is 3.06. The number of aromatic nitrogens is 2. The van der Waals surface area contributed by atoms with E-state index in [-0.39, 0.29) is 0 Å². The van der Waals surface area contributed by atoms with Gasteiger partial charge in [-0.3, -0.25) is 0 Å². The molecule has 0 spiro atoms. The molecular formula is C22H45N4+. The van der Waals surface area contributed by atoms with Gasteiger partial charge in [0.1, 0.15) is 0 Å². The average molecular weight is 366 g/mol. The smallest absolute Gasteiger partial charge is 0.195 e. The SMILES string of the molecule is CC(C)CC(C)C.CC(C)N1C=CN(C)C1C.CC(C)n1ccc[n+]1C. The molecule has 4 nitrogen and oxygen atoms in total. The van der Waals surface area contributed by atoms with Crippen LogP contribution in [0.5, 0.6) is 0 Å². The highest BCUT2D eigenvalue weighted by Crippen LogP contribution is 2.15. The largest absolute Gasteiger partial charge is 0.359 e. The van der Waals surface area contributed by atoms with Crippen LogP contribution in [0.25, 0.3) is 0 Å². The highest BCUT2D eigenvalue weighted by molar-refractivity contribution is 4.94. The second-order valence-electron chi connectivity index (χ2n) is 8.70. The van der Waals surface area contributed by atoms with Gasteiger partial charge in [-0.05, 0) is 52.9 Å². The molecule has 1 aromatic heterocycles. The van der Waals surface area contributed by atoms with Gasteiger partial charge in [0.05, 0.1) is 18.4 Å². The summed E-state index contributed by atoms with van der Waals surface area (Å²) in [4.78, 5) is 4.54. The first-order chi connectivity index (χ1) is 12.0. The third-order valence-electron chi connectivity index (χ3n) is 4.47. The van der Waals surface area contributed by atoms with Gasteiger partial charge in [-0.1, -0.05) is 27.7 Å². The normalized spacial score (nSPS) is 16.3. The number of hydrogen-bond acceptors (Lipinski definition) is 2. The van der Waals surface area contributed by atoms with Crippen molar-refractivity contribution in [3.05, 3.63) is 30.9 Å². The summed E-state index contributed by atoms with van der Waals surface area (Å²) in [7, 11) is 4.14. The third-order valence-corrected chi connectivity index (χ3v) is 4.47. The lowest BCUT2D eigenvalue weighted by molar-refractivity contribution is -0.755. The van der Waals surface area contributed by atoms with Gasteiger partial charge in [0.2, 0.25) is 0 Å². The minimum absolute atomic E-state index is 0.528. The van der Waals surface area contributed by atoms with Crippen molar-refractivity contribution in [2.45, 2.75) is 87.0 Å². The van der Waals surface area contributed by atoms with E-state index in [1.165, 1.54) is 6.42 Å². The van der Waals surface area contributed by atoms with Crippen LogP contribution in [0.2, 0.25) is 0 Å². The lowest BCUT2D eigenvalue weighted by Crippen LogP contribution is -2.38. The van der Waals surface area contributed by atoms with E-state index in [0.29, 0.717) is 18.2 Å². The molecular weight excluding hydrogens is 320 g/mol. The van der Waals surface area contributed by atoms with Crippen LogP contribution >= 0.6 is 0 Å². The lowest BCUT2D eigenvalue weighted by atomic mass is 10.0. The Kier molecular flexibility index (Phi) is 11.4. The maximum atomic E-state index is 2.33. The van der Waals surface area contributed by atoms with Crippen molar-refractivity contribution in [2.24, 2.45) is 18.9 Å². The minimum atomic E-state index is 0.528. The first kappa shape index (κ1) is 24.6. The van der Waals surface area contributed by atoms with Crippen LogP contribution < -0.4 is 4.68 Å². The Labute approximate surface area is 163 Å². The summed E-state index contributed by atoms with van der Waals surface area (Å²) in [6.07, 6.45) is 10.3. The zero-order valence-corrected chi connectivity index (χ0v) is 19.3. The van der Waals surface area contributed by atoms with E-state index >= 15 is 0 Å². The summed E-state index contributed by atoms with van der Waals surface area (Å²) in [6, 6.07) is 3.21. The van der Waals surface area contributed by atoms with Crippen molar-refractivity contribution >= 4 is 0 Å². The van der Waals surface area contributed by atoms with Crippen molar-refractivity contribution < 1.29 is 4.68 Å². The number of rotatable bonds is 4. The molecule has 1 atom stereocenters. The van der Waals surface area contributed by atoms with Crippen LogP contribution in [0.4, 0.5) is 0 Å². The van der Waals surface area contributed by atoms with Crippen LogP contribution in [0.1, 0.15) is 74.8 Å². The Bertz CT molecular complexity index is 494. The van der Waals surface area contributed by atoms with E-state index in [0.717, 1.165) is 11.8 Å². The molecule has 1 aliphatic rings. The molecule has 0 saturated carbocycles. The fraction of sp³-hybridized carbons (Fsp3) is 0.773. The summed E-state index contributed by atoms with van der Waals surface area (Å²) in [5.41, 5.74) is 0. The van der Waals surface area contributed by atoms with Crippen LogP contribution in [-0.4, -0.2) is 33.7 Å². The van der Waals surface area contributed by atoms with Gasteiger partial charge in [0, 0.05) is 31.6 Å². The molecule has 152 valence electrons. The maximum Gasteiger partial charge on any atom is 0.195 e. The molecule has 1 aliphatic heterocycles. The number of hydrogen-bond donors (Lipinski definition) is 0. The molecule has 2 rings (SSSR count). The van der Waals surface area contributed by atoms with E-state index in [1.807, 2.05) is 19.3 Å². The topological polar surface area (TPSA) is 15.3 Å². The second-order valence-corrected chi connectivity index (χ2v) is 8.70. The van der Waals surface area contributed by atoms with E-state index < -0.39 is 0 Å². The van der Waals surface area contributed by atoms with Crippen molar-refractivity contribution in [2.75, 3.05) is 7.05 Å². The van der Waals surface area contributed by atoms with Gasteiger partial charge in [-0.25, -0.2) is 0 Å². The molecule has 0 bridgehead atoms. The molecule has 0 radical (unpaired) electrons. The molecule has 1 aromatic rings. The van der Waals surface area contributed by atoms with Crippen molar-refractivity contribution in [3.63, 3.8) is 0 Å². The predicted octanol–water partition coefficient (Wildman–Crippen LogP) is 5.04. The summed E-state index contributed by atoms with van der Waals surface area (Å²) in [6.45, 7) is 20.0. The molecule has 2 heterocycles. The van der Waals surface area contributed by atoms with Gasteiger partial charge in [0.15, 0.2) is 13.2 Å². The van der Waals surface area contributed by atoms with Gasteiger partial charge in [-0.2, -0.15) is 4.68 Å².